The maximum Gasteiger partial charge on any atom is 0.240 e. The zero-order chi connectivity index (χ0) is 14.7. The minimum atomic E-state index is -0.475. The normalized spacial score (nSPS) is 12.1. The Kier molecular flexibility index (Phi) is 4.80. The summed E-state index contributed by atoms with van der Waals surface area (Å²) in [6.45, 7) is 0. The van der Waals surface area contributed by atoms with Crippen molar-refractivity contribution in [2.45, 2.75) is 6.04 Å². The number of benzene rings is 1. The third kappa shape index (κ3) is 3.03. The number of nitrogens with zero attached hydrogens (tertiary/aromatic N) is 2. The van der Waals surface area contributed by atoms with Gasteiger partial charge in [0.05, 0.1) is 31.5 Å². The number of hydrogen-bond acceptors (Lipinski definition) is 5. The minimum Gasteiger partial charge on any atom is -0.480 e. The molecule has 0 aliphatic heterocycles. The lowest BCUT2D eigenvalue weighted by atomic mass is 10.0. The first-order valence-corrected chi connectivity index (χ1v) is 6.89. The highest BCUT2D eigenvalue weighted by molar-refractivity contribution is 9.10. The summed E-state index contributed by atoms with van der Waals surface area (Å²) in [5.41, 5.74) is 7.59. The second kappa shape index (κ2) is 6.39. The number of methoxy groups -OCH3 is 2. The van der Waals surface area contributed by atoms with E-state index in [1.54, 1.807) is 6.07 Å². The predicted octanol–water partition coefficient (Wildman–Crippen LogP) is 2.96. The van der Waals surface area contributed by atoms with Gasteiger partial charge in [-0.25, -0.2) is 4.98 Å². The van der Waals surface area contributed by atoms with Crippen LogP contribution in [0, 0.1) is 0 Å². The van der Waals surface area contributed by atoms with E-state index in [-0.39, 0.29) is 0 Å². The molecule has 20 heavy (non-hydrogen) atoms. The van der Waals surface area contributed by atoms with Crippen LogP contribution in [0.5, 0.6) is 11.8 Å². The molecule has 1 unspecified atom stereocenters. The van der Waals surface area contributed by atoms with Gasteiger partial charge in [0, 0.05) is 4.47 Å². The van der Waals surface area contributed by atoms with E-state index in [1.807, 2.05) is 12.1 Å². The summed E-state index contributed by atoms with van der Waals surface area (Å²) < 4.78 is 11.0. The molecule has 7 heteroatoms. The quantitative estimate of drug-likeness (QED) is 0.910. The molecule has 0 aliphatic rings. The van der Waals surface area contributed by atoms with Crippen LogP contribution in [0.3, 0.4) is 0 Å². The number of halogens is 2. The van der Waals surface area contributed by atoms with Crippen LogP contribution in [0.4, 0.5) is 0 Å². The molecule has 0 aliphatic carbocycles. The van der Waals surface area contributed by atoms with E-state index in [0.717, 1.165) is 10.0 Å². The molecule has 2 N–H and O–H groups in total. The second-order valence-electron chi connectivity index (χ2n) is 3.96. The maximum atomic E-state index is 6.22. The zero-order valence-electron chi connectivity index (χ0n) is 10.9. The molecule has 0 saturated carbocycles. The van der Waals surface area contributed by atoms with Crippen LogP contribution in [-0.2, 0) is 0 Å². The molecule has 1 aromatic carbocycles. The SMILES string of the molecule is COc1cnc(C(N)c2ccc(Cl)c(Br)c2)c(OC)n1. The number of rotatable bonds is 4. The Morgan fingerprint density at radius 1 is 1.30 bits per heavy atom. The number of aromatic nitrogens is 2. The average molecular weight is 359 g/mol. The highest BCUT2D eigenvalue weighted by Crippen LogP contribution is 2.30. The fraction of sp³-hybridized carbons (Fsp3) is 0.231. The summed E-state index contributed by atoms with van der Waals surface area (Å²) in [7, 11) is 3.02. The molecule has 0 saturated heterocycles. The maximum absolute atomic E-state index is 6.22. The van der Waals surface area contributed by atoms with Gasteiger partial charge >= 0.3 is 0 Å². The van der Waals surface area contributed by atoms with Gasteiger partial charge < -0.3 is 15.2 Å². The molecular weight excluding hydrogens is 346 g/mol. The van der Waals surface area contributed by atoms with E-state index in [9.17, 15) is 0 Å². The molecule has 0 spiro atoms. The lowest BCUT2D eigenvalue weighted by Crippen LogP contribution is -2.15. The van der Waals surface area contributed by atoms with Gasteiger partial charge in [0.15, 0.2) is 0 Å². The largest absolute Gasteiger partial charge is 0.480 e. The Labute approximate surface area is 130 Å². The molecule has 5 nitrogen and oxygen atoms in total. The van der Waals surface area contributed by atoms with Crippen LogP contribution >= 0.6 is 27.5 Å². The molecule has 106 valence electrons. The Bertz CT molecular complexity index is 625. The van der Waals surface area contributed by atoms with Crippen LogP contribution < -0.4 is 15.2 Å². The Morgan fingerprint density at radius 2 is 2.05 bits per heavy atom. The summed E-state index contributed by atoms with van der Waals surface area (Å²) in [4.78, 5) is 8.43. The topological polar surface area (TPSA) is 70.3 Å². The molecule has 1 aromatic heterocycles. The van der Waals surface area contributed by atoms with Crippen LogP contribution in [0.2, 0.25) is 5.02 Å². The van der Waals surface area contributed by atoms with Gasteiger partial charge in [0.25, 0.3) is 0 Å². The summed E-state index contributed by atoms with van der Waals surface area (Å²) in [5.74, 6) is 0.706. The molecule has 0 bridgehead atoms. The molecule has 2 rings (SSSR count). The van der Waals surface area contributed by atoms with E-state index in [4.69, 9.17) is 26.8 Å². The first-order valence-electron chi connectivity index (χ1n) is 5.72. The van der Waals surface area contributed by atoms with E-state index >= 15 is 0 Å². The van der Waals surface area contributed by atoms with Crippen molar-refractivity contribution in [1.29, 1.82) is 0 Å². The van der Waals surface area contributed by atoms with Gasteiger partial charge in [-0.15, -0.1) is 0 Å². The fourth-order valence-corrected chi connectivity index (χ4v) is 2.21. The highest BCUT2D eigenvalue weighted by atomic mass is 79.9. The van der Waals surface area contributed by atoms with Crippen molar-refractivity contribution in [3.8, 4) is 11.8 Å². The summed E-state index contributed by atoms with van der Waals surface area (Å²) in [6.07, 6.45) is 1.50. The third-order valence-electron chi connectivity index (χ3n) is 2.74. The molecule has 0 fully saturated rings. The number of nitrogens with two attached hydrogens (primary N) is 1. The monoisotopic (exact) mass is 357 g/mol. The second-order valence-corrected chi connectivity index (χ2v) is 5.22. The molecule has 1 atom stereocenters. The molecule has 2 aromatic rings. The summed E-state index contributed by atoms with van der Waals surface area (Å²) in [5, 5.41) is 0.619. The molecule has 1 heterocycles. The van der Waals surface area contributed by atoms with E-state index < -0.39 is 6.04 Å². The fourth-order valence-electron chi connectivity index (χ4n) is 1.69. The van der Waals surface area contributed by atoms with Crippen molar-refractivity contribution in [3.63, 3.8) is 0 Å². The third-order valence-corrected chi connectivity index (χ3v) is 3.96. The number of ether oxygens (including phenoxy) is 2. The van der Waals surface area contributed by atoms with E-state index in [1.165, 1.54) is 20.4 Å². The van der Waals surface area contributed by atoms with E-state index in [2.05, 4.69) is 25.9 Å². The standard InChI is InChI=1S/C13H13BrClN3O2/c1-19-10-6-17-12(13(18-10)20-2)11(16)7-3-4-9(15)8(14)5-7/h3-6,11H,16H2,1-2H3. The van der Waals surface area contributed by atoms with Gasteiger partial charge in [-0.2, -0.15) is 4.98 Å². The molecule has 0 amide bonds. The smallest absolute Gasteiger partial charge is 0.240 e. The van der Waals surface area contributed by atoms with Crippen LogP contribution in [-0.4, -0.2) is 24.2 Å². The molecular formula is C13H13BrClN3O2. The van der Waals surface area contributed by atoms with E-state index in [0.29, 0.717) is 22.5 Å². The van der Waals surface area contributed by atoms with Crippen molar-refractivity contribution in [1.82, 2.24) is 9.97 Å². The average Bonchev–Trinajstić information content (AvgIpc) is 2.48. The minimum absolute atomic E-state index is 0.336. The summed E-state index contributed by atoms with van der Waals surface area (Å²) >= 11 is 9.34. The van der Waals surface area contributed by atoms with Crippen LogP contribution in [0.25, 0.3) is 0 Å². The Hall–Kier alpha value is -1.37. The van der Waals surface area contributed by atoms with Crippen molar-refractivity contribution in [3.05, 3.63) is 45.1 Å². The van der Waals surface area contributed by atoms with Gasteiger partial charge in [0.1, 0.15) is 5.69 Å². The number of hydrogen-bond donors (Lipinski definition) is 1. The first-order chi connectivity index (χ1) is 9.56. The van der Waals surface area contributed by atoms with Gasteiger partial charge in [-0.05, 0) is 33.6 Å². The first kappa shape index (κ1) is 15.0. The Balaban J connectivity index is 2.41. The van der Waals surface area contributed by atoms with Crippen LogP contribution in [0.15, 0.2) is 28.9 Å². The zero-order valence-corrected chi connectivity index (χ0v) is 13.3. The van der Waals surface area contributed by atoms with Crippen molar-refractivity contribution in [2.24, 2.45) is 5.73 Å². The van der Waals surface area contributed by atoms with Crippen molar-refractivity contribution in [2.75, 3.05) is 14.2 Å². The lowest BCUT2D eigenvalue weighted by molar-refractivity contribution is 0.355. The van der Waals surface area contributed by atoms with Crippen molar-refractivity contribution >= 4 is 27.5 Å². The predicted molar refractivity (Wildman–Crippen MR) is 80.3 cm³/mol. The Morgan fingerprint density at radius 3 is 2.65 bits per heavy atom. The van der Waals surface area contributed by atoms with Gasteiger partial charge in [0.2, 0.25) is 11.8 Å². The van der Waals surface area contributed by atoms with Crippen molar-refractivity contribution < 1.29 is 9.47 Å². The summed E-state index contributed by atoms with van der Waals surface area (Å²) in [6, 6.07) is 4.98. The highest BCUT2D eigenvalue weighted by Gasteiger charge is 2.18. The van der Waals surface area contributed by atoms with Crippen LogP contribution in [0.1, 0.15) is 17.3 Å². The van der Waals surface area contributed by atoms with Gasteiger partial charge in [-0.1, -0.05) is 17.7 Å². The lowest BCUT2D eigenvalue weighted by Gasteiger charge is -2.15. The molecule has 0 radical (unpaired) electrons. The van der Waals surface area contributed by atoms with Gasteiger partial charge in [-0.3, -0.25) is 0 Å².